The van der Waals surface area contributed by atoms with Gasteiger partial charge in [0.2, 0.25) is 0 Å². The van der Waals surface area contributed by atoms with Crippen LogP contribution in [-0.4, -0.2) is 10.1 Å². The maximum atomic E-state index is 11.6. The zero-order valence-electron chi connectivity index (χ0n) is 25.4. The normalized spacial score (nSPS) is 11.0. The summed E-state index contributed by atoms with van der Waals surface area (Å²) in [6.45, 7) is 4.22. The predicted molar refractivity (Wildman–Crippen MR) is 188 cm³/mol. The molecule has 2 nitrogen and oxygen atoms in total. The molecule has 0 aliphatic carbocycles. The van der Waals surface area contributed by atoms with E-state index in [-0.39, 0.29) is 5.75 Å². The fourth-order valence-corrected chi connectivity index (χ4v) is 6.19. The van der Waals surface area contributed by atoms with Crippen LogP contribution in [0.5, 0.6) is 5.75 Å². The lowest BCUT2D eigenvalue weighted by Crippen LogP contribution is -1.94. The van der Waals surface area contributed by atoms with E-state index in [1.807, 2.05) is 48.5 Å². The van der Waals surface area contributed by atoms with Crippen molar-refractivity contribution in [2.75, 3.05) is 0 Å². The average Bonchev–Trinajstić information content (AvgIpc) is 3.10. The van der Waals surface area contributed by atoms with Crippen molar-refractivity contribution in [3.8, 4) is 72.8 Å². The topological polar surface area (TPSA) is 33.1 Å². The van der Waals surface area contributed by atoms with E-state index in [1.165, 1.54) is 16.7 Å². The Kier molecular flexibility index (Phi) is 7.55. The monoisotopic (exact) mass is 579 g/mol. The molecule has 6 aromatic carbocycles. The maximum Gasteiger partial charge on any atom is 0.131 e. The van der Waals surface area contributed by atoms with Crippen LogP contribution in [0.1, 0.15) is 11.1 Å². The van der Waals surface area contributed by atoms with Gasteiger partial charge in [-0.1, -0.05) is 127 Å². The van der Waals surface area contributed by atoms with Gasteiger partial charge >= 0.3 is 0 Å². The molecule has 45 heavy (non-hydrogen) atoms. The number of aryl methyl sites for hydroxylation is 2. The van der Waals surface area contributed by atoms with Crippen LogP contribution >= 0.6 is 0 Å². The van der Waals surface area contributed by atoms with Gasteiger partial charge < -0.3 is 5.11 Å². The van der Waals surface area contributed by atoms with E-state index in [1.54, 1.807) is 0 Å². The summed E-state index contributed by atoms with van der Waals surface area (Å²) in [4.78, 5) is 5.24. The van der Waals surface area contributed by atoms with Crippen LogP contribution in [0.15, 0.2) is 158 Å². The molecular formula is C43H33NO. The van der Waals surface area contributed by atoms with E-state index < -0.39 is 0 Å². The lowest BCUT2D eigenvalue weighted by Gasteiger charge is -2.16. The first kappa shape index (κ1) is 28.1. The number of rotatable bonds is 6. The number of aromatic hydroxyl groups is 1. The molecule has 0 amide bonds. The molecule has 0 fully saturated rings. The molecule has 7 rings (SSSR count). The summed E-state index contributed by atoms with van der Waals surface area (Å²) in [7, 11) is 0. The smallest absolute Gasteiger partial charge is 0.131 e. The Bertz CT molecular complexity index is 2130. The first-order valence-corrected chi connectivity index (χ1v) is 15.3. The number of benzene rings is 6. The molecule has 1 aromatic heterocycles. The van der Waals surface area contributed by atoms with Gasteiger partial charge in [0.1, 0.15) is 5.75 Å². The van der Waals surface area contributed by atoms with Gasteiger partial charge in [-0.15, -0.1) is 0 Å². The molecular weight excluding hydrogens is 546 g/mol. The van der Waals surface area contributed by atoms with Gasteiger partial charge in [0.05, 0.1) is 11.4 Å². The molecule has 0 atom stereocenters. The quantitative estimate of drug-likeness (QED) is 0.213. The molecule has 216 valence electrons. The number of hydrogen-bond acceptors (Lipinski definition) is 2. The maximum absolute atomic E-state index is 11.6. The first-order chi connectivity index (χ1) is 22.0. The molecule has 0 saturated carbocycles. The third kappa shape index (κ3) is 5.67. The molecule has 0 aliphatic rings. The number of pyridine rings is 1. The lowest BCUT2D eigenvalue weighted by molar-refractivity contribution is 0.479. The Hall–Kier alpha value is -5.73. The van der Waals surface area contributed by atoms with Gasteiger partial charge in [0.15, 0.2) is 0 Å². The van der Waals surface area contributed by atoms with Gasteiger partial charge in [-0.3, -0.25) is 0 Å². The van der Waals surface area contributed by atoms with Crippen molar-refractivity contribution in [1.82, 2.24) is 4.98 Å². The summed E-state index contributed by atoms with van der Waals surface area (Å²) in [5.74, 6) is 0.273. The van der Waals surface area contributed by atoms with Crippen LogP contribution in [-0.2, 0) is 0 Å². The SMILES string of the molecule is Cc1cc(-c2ccccc2)cc(-c2ccccc2-c2cccc(-c3ccccc3-c3cc(C)cc(-c4ccccc4)c3O)n2)c1. The Morgan fingerprint density at radius 2 is 0.844 bits per heavy atom. The molecule has 2 heteroatoms. The minimum Gasteiger partial charge on any atom is -0.507 e. The average molecular weight is 580 g/mol. The van der Waals surface area contributed by atoms with Crippen molar-refractivity contribution in [2.45, 2.75) is 13.8 Å². The number of hydrogen-bond donors (Lipinski definition) is 1. The second-order valence-electron chi connectivity index (χ2n) is 11.5. The van der Waals surface area contributed by atoms with Crippen molar-refractivity contribution in [1.29, 1.82) is 0 Å². The Balaban J connectivity index is 1.33. The number of nitrogens with zero attached hydrogens (tertiary/aromatic N) is 1. The van der Waals surface area contributed by atoms with E-state index in [4.69, 9.17) is 4.98 Å². The Labute approximate surface area is 265 Å². The fourth-order valence-electron chi connectivity index (χ4n) is 6.19. The zero-order chi connectivity index (χ0) is 30.8. The molecule has 0 aliphatic heterocycles. The molecule has 7 aromatic rings. The zero-order valence-corrected chi connectivity index (χ0v) is 25.4. The summed E-state index contributed by atoms with van der Waals surface area (Å²) in [5, 5.41) is 11.6. The summed E-state index contributed by atoms with van der Waals surface area (Å²) in [6.07, 6.45) is 0. The standard InChI is InChI=1S/C43H33NO/c1-29-24-33(31-14-5-3-6-15-31)28-34(25-29)35-18-9-11-20-37(35)41-22-13-23-42(44-41)38-21-12-10-19-36(38)40-27-30(2)26-39(43(40)45)32-16-7-4-8-17-32/h3-28,45H,1-2H3. The van der Waals surface area contributed by atoms with Gasteiger partial charge in [0.25, 0.3) is 0 Å². The number of aromatic nitrogens is 1. The highest BCUT2D eigenvalue weighted by atomic mass is 16.3. The van der Waals surface area contributed by atoms with Gasteiger partial charge in [0, 0.05) is 22.3 Å². The van der Waals surface area contributed by atoms with Crippen molar-refractivity contribution in [2.24, 2.45) is 0 Å². The fraction of sp³-hybridized carbons (Fsp3) is 0.0465. The Morgan fingerprint density at radius 3 is 1.51 bits per heavy atom. The molecule has 0 saturated heterocycles. The second-order valence-corrected chi connectivity index (χ2v) is 11.5. The third-order valence-corrected chi connectivity index (χ3v) is 8.28. The van der Waals surface area contributed by atoms with Crippen LogP contribution in [0, 0.1) is 13.8 Å². The lowest BCUT2D eigenvalue weighted by atomic mass is 9.91. The van der Waals surface area contributed by atoms with Crippen LogP contribution < -0.4 is 0 Å². The third-order valence-electron chi connectivity index (χ3n) is 8.28. The van der Waals surface area contributed by atoms with Crippen LogP contribution in [0.2, 0.25) is 0 Å². The number of phenolic OH excluding ortho intramolecular Hbond substituents is 1. The highest BCUT2D eigenvalue weighted by Crippen LogP contribution is 2.43. The van der Waals surface area contributed by atoms with Crippen LogP contribution in [0.3, 0.4) is 0 Å². The van der Waals surface area contributed by atoms with E-state index >= 15 is 0 Å². The van der Waals surface area contributed by atoms with Crippen molar-refractivity contribution < 1.29 is 5.11 Å². The largest absolute Gasteiger partial charge is 0.507 e. The van der Waals surface area contributed by atoms with E-state index in [0.29, 0.717) is 0 Å². The molecule has 1 heterocycles. The summed E-state index contributed by atoms with van der Waals surface area (Å²) < 4.78 is 0. The van der Waals surface area contributed by atoms with Crippen LogP contribution in [0.25, 0.3) is 67.0 Å². The van der Waals surface area contributed by atoms with Crippen molar-refractivity contribution in [3.63, 3.8) is 0 Å². The van der Waals surface area contributed by atoms with Gasteiger partial charge in [-0.2, -0.15) is 0 Å². The Morgan fingerprint density at radius 1 is 0.356 bits per heavy atom. The second kappa shape index (κ2) is 12.1. The molecule has 0 spiro atoms. The first-order valence-electron chi connectivity index (χ1n) is 15.3. The highest BCUT2D eigenvalue weighted by Gasteiger charge is 2.17. The van der Waals surface area contributed by atoms with Gasteiger partial charge in [-0.25, -0.2) is 4.98 Å². The highest BCUT2D eigenvalue weighted by molar-refractivity contribution is 5.91. The predicted octanol–water partition coefficient (Wildman–Crippen LogP) is 11.4. The summed E-state index contributed by atoms with van der Waals surface area (Å²) in [6, 6.07) is 54.3. The van der Waals surface area contributed by atoms with Crippen molar-refractivity contribution >= 4 is 0 Å². The molecule has 1 N–H and O–H groups in total. The molecule has 0 radical (unpaired) electrons. The molecule has 0 bridgehead atoms. The van der Waals surface area contributed by atoms with E-state index in [0.717, 1.165) is 61.5 Å². The molecule has 0 unspecified atom stereocenters. The van der Waals surface area contributed by atoms with Gasteiger partial charge in [-0.05, 0) is 88.7 Å². The van der Waals surface area contributed by atoms with Crippen LogP contribution in [0.4, 0.5) is 0 Å². The summed E-state index contributed by atoms with van der Waals surface area (Å²) in [5.41, 5.74) is 14.4. The number of phenols is 1. The minimum absolute atomic E-state index is 0.273. The van der Waals surface area contributed by atoms with E-state index in [9.17, 15) is 5.11 Å². The van der Waals surface area contributed by atoms with E-state index in [2.05, 4.69) is 123 Å². The van der Waals surface area contributed by atoms with Crippen molar-refractivity contribution in [3.05, 3.63) is 169 Å². The summed E-state index contributed by atoms with van der Waals surface area (Å²) >= 11 is 0. The minimum atomic E-state index is 0.273.